The molecular weight excluding hydrogens is 276 g/mol. The number of halogens is 1. The summed E-state index contributed by atoms with van der Waals surface area (Å²) in [6.45, 7) is 1.86. The molecule has 5 nitrogen and oxygen atoms in total. The van der Waals surface area contributed by atoms with Gasteiger partial charge in [0.1, 0.15) is 5.82 Å². The first-order valence-electron chi connectivity index (χ1n) is 6.30. The van der Waals surface area contributed by atoms with Crippen molar-refractivity contribution >= 4 is 28.9 Å². The minimum absolute atomic E-state index is 0.0334. The molecule has 2 aromatic rings. The van der Waals surface area contributed by atoms with Gasteiger partial charge in [-0.1, -0.05) is 11.6 Å². The maximum Gasteiger partial charge on any atom is 0.255 e. The predicted molar refractivity (Wildman–Crippen MR) is 77.8 cm³/mol. The minimum Gasteiger partial charge on any atom is -0.348 e. The zero-order chi connectivity index (χ0) is 14.1. The highest BCUT2D eigenvalue weighted by Gasteiger charge is 2.33. The van der Waals surface area contributed by atoms with Crippen LogP contribution in [0.25, 0.3) is 0 Å². The van der Waals surface area contributed by atoms with Gasteiger partial charge in [0.15, 0.2) is 0 Å². The van der Waals surface area contributed by atoms with E-state index in [9.17, 15) is 4.79 Å². The standard InChI is InChI=1S/C14H13ClN4O/c1-9-12(8-13-16-6-7-17-13)18-19(14(9)20)11-4-2-10(15)3-5-11/h2-7,9H,8H2,1H3,(H,16,17). The lowest BCUT2D eigenvalue weighted by atomic mass is 10.0. The highest BCUT2D eigenvalue weighted by Crippen LogP contribution is 2.25. The Labute approximate surface area is 121 Å². The Kier molecular flexibility index (Phi) is 3.28. The number of hydrazone groups is 1. The first-order chi connectivity index (χ1) is 9.65. The number of H-pyrrole nitrogens is 1. The Hall–Kier alpha value is -2.14. The van der Waals surface area contributed by atoms with E-state index >= 15 is 0 Å². The van der Waals surface area contributed by atoms with E-state index in [4.69, 9.17) is 11.6 Å². The number of rotatable bonds is 3. The maximum atomic E-state index is 12.3. The number of aromatic nitrogens is 2. The Morgan fingerprint density at radius 3 is 2.75 bits per heavy atom. The van der Waals surface area contributed by atoms with Crippen molar-refractivity contribution in [3.8, 4) is 0 Å². The van der Waals surface area contributed by atoms with Crippen LogP contribution >= 0.6 is 11.6 Å². The Morgan fingerprint density at radius 2 is 2.10 bits per heavy atom. The van der Waals surface area contributed by atoms with Crippen LogP contribution < -0.4 is 5.01 Å². The van der Waals surface area contributed by atoms with Gasteiger partial charge < -0.3 is 4.98 Å². The van der Waals surface area contributed by atoms with Crippen molar-refractivity contribution in [2.24, 2.45) is 11.0 Å². The van der Waals surface area contributed by atoms with Crippen LogP contribution in [0.3, 0.4) is 0 Å². The molecule has 0 spiro atoms. The molecular formula is C14H13ClN4O. The molecule has 1 aliphatic heterocycles. The number of aromatic amines is 1. The van der Waals surface area contributed by atoms with Crippen LogP contribution in [-0.2, 0) is 11.2 Å². The molecule has 1 aromatic heterocycles. The number of imidazole rings is 1. The van der Waals surface area contributed by atoms with E-state index in [1.54, 1.807) is 36.7 Å². The Bertz CT molecular complexity index is 648. The van der Waals surface area contributed by atoms with Gasteiger partial charge in [-0.3, -0.25) is 4.79 Å². The summed E-state index contributed by atoms with van der Waals surface area (Å²) in [5.41, 5.74) is 1.53. The minimum atomic E-state index is -0.240. The number of amides is 1. The van der Waals surface area contributed by atoms with Crippen LogP contribution in [0.15, 0.2) is 41.8 Å². The molecule has 0 bridgehead atoms. The van der Waals surface area contributed by atoms with E-state index in [1.165, 1.54) is 5.01 Å². The van der Waals surface area contributed by atoms with Gasteiger partial charge in [0.2, 0.25) is 0 Å². The summed E-state index contributed by atoms with van der Waals surface area (Å²) in [5.74, 6) is 0.533. The van der Waals surface area contributed by atoms with Crippen LogP contribution in [0.4, 0.5) is 5.69 Å². The van der Waals surface area contributed by atoms with E-state index in [0.717, 1.165) is 17.2 Å². The van der Waals surface area contributed by atoms with Gasteiger partial charge in [-0.25, -0.2) is 9.99 Å². The average Bonchev–Trinajstić information content (AvgIpc) is 3.04. The highest BCUT2D eigenvalue weighted by atomic mass is 35.5. The number of nitrogens with zero attached hydrogens (tertiary/aromatic N) is 3. The monoisotopic (exact) mass is 288 g/mol. The van der Waals surface area contributed by atoms with Crippen molar-refractivity contribution in [3.63, 3.8) is 0 Å². The molecule has 102 valence electrons. The number of anilines is 1. The molecule has 1 aliphatic rings. The molecule has 0 fully saturated rings. The van der Waals surface area contributed by atoms with Gasteiger partial charge in [-0.15, -0.1) is 0 Å². The normalized spacial score (nSPS) is 18.5. The van der Waals surface area contributed by atoms with Crippen molar-refractivity contribution in [2.75, 3.05) is 5.01 Å². The molecule has 1 aromatic carbocycles. The Morgan fingerprint density at radius 1 is 1.35 bits per heavy atom. The predicted octanol–water partition coefficient (Wildman–Crippen LogP) is 2.64. The molecule has 1 amide bonds. The van der Waals surface area contributed by atoms with Crippen LogP contribution in [-0.4, -0.2) is 21.6 Å². The fourth-order valence-electron chi connectivity index (χ4n) is 2.11. The van der Waals surface area contributed by atoms with Crippen molar-refractivity contribution in [1.29, 1.82) is 0 Å². The molecule has 0 radical (unpaired) electrons. The van der Waals surface area contributed by atoms with Crippen molar-refractivity contribution < 1.29 is 4.79 Å². The summed E-state index contributed by atoms with van der Waals surface area (Å²) in [6, 6.07) is 7.06. The second-order valence-electron chi connectivity index (χ2n) is 4.65. The number of nitrogens with one attached hydrogen (secondary N) is 1. The van der Waals surface area contributed by atoms with Crippen molar-refractivity contribution in [2.45, 2.75) is 13.3 Å². The number of hydrogen-bond acceptors (Lipinski definition) is 3. The lowest BCUT2D eigenvalue weighted by molar-refractivity contribution is -0.119. The molecule has 3 rings (SSSR count). The molecule has 6 heteroatoms. The van der Waals surface area contributed by atoms with Crippen LogP contribution in [0.2, 0.25) is 5.02 Å². The summed E-state index contributed by atoms with van der Waals surface area (Å²) in [7, 11) is 0. The molecule has 0 saturated carbocycles. The second kappa shape index (κ2) is 5.09. The molecule has 1 unspecified atom stereocenters. The lowest BCUT2D eigenvalue weighted by Gasteiger charge is -2.12. The number of carbonyl (C=O) groups excluding carboxylic acids is 1. The van der Waals surface area contributed by atoms with Gasteiger partial charge in [0.25, 0.3) is 5.91 Å². The molecule has 0 saturated heterocycles. The van der Waals surface area contributed by atoms with Gasteiger partial charge >= 0.3 is 0 Å². The summed E-state index contributed by atoms with van der Waals surface area (Å²) >= 11 is 5.86. The molecule has 20 heavy (non-hydrogen) atoms. The SMILES string of the molecule is CC1C(=O)N(c2ccc(Cl)cc2)N=C1Cc1ncc[nH]1. The third kappa shape index (κ3) is 2.32. The quantitative estimate of drug-likeness (QED) is 0.944. The molecule has 2 heterocycles. The van der Waals surface area contributed by atoms with Gasteiger partial charge in [-0.2, -0.15) is 5.10 Å². The van der Waals surface area contributed by atoms with Gasteiger partial charge in [0.05, 0.1) is 17.3 Å². The first kappa shape index (κ1) is 12.9. The van der Waals surface area contributed by atoms with Gasteiger partial charge in [-0.05, 0) is 31.2 Å². The van der Waals surface area contributed by atoms with Crippen LogP contribution in [0, 0.1) is 5.92 Å². The number of hydrogen-bond donors (Lipinski definition) is 1. The smallest absolute Gasteiger partial charge is 0.255 e. The summed E-state index contributed by atoms with van der Waals surface area (Å²) < 4.78 is 0. The van der Waals surface area contributed by atoms with E-state index < -0.39 is 0 Å². The maximum absolute atomic E-state index is 12.3. The van der Waals surface area contributed by atoms with E-state index in [0.29, 0.717) is 11.4 Å². The molecule has 1 atom stereocenters. The van der Waals surface area contributed by atoms with Gasteiger partial charge in [0, 0.05) is 23.8 Å². The van der Waals surface area contributed by atoms with Crippen molar-refractivity contribution in [3.05, 3.63) is 47.5 Å². The van der Waals surface area contributed by atoms with E-state index in [2.05, 4.69) is 15.1 Å². The highest BCUT2D eigenvalue weighted by molar-refractivity contribution is 6.30. The fourth-order valence-corrected chi connectivity index (χ4v) is 2.24. The zero-order valence-corrected chi connectivity index (χ0v) is 11.6. The summed E-state index contributed by atoms with van der Waals surface area (Å²) in [5, 5.41) is 6.48. The third-order valence-corrected chi connectivity index (χ3v) is 3.53. The molecule has 1 N–H and O–H groups in total. The lowest BCUT2D eigenvalue weighted by Crippen LogP contribution is -2.25. The largest absolute Gasteiger partial charge is 0.348 e. The van der Waals surface area contributed by atoms with E-state index in [1.807, 2.05) is 6.92 Å². The molecule has 0 aliphatic carbocycles. The zero-order valence-electron chi connectivity index (χ0n) is 10.9. The fraction of sp³-hybridized carbons (Fsp3) is 0.214. The second-order valence-corrected chi connectivity index (χ2v) is 5.09. The van der Waals surface area contributed by atoms with Crippen LogP contribution in [0.5, 0.6) is 0 Å². The Balaban J connectivity index is 1.87. The first-order valence-corrected chi connectivity index (χ1v) is 6.68. The number of carbonyl (C=O) groups is 1. The van der Waals surface area contributed by atoms with Crippen LogP contribution in [0.1, 0.15) is 12.7 Å². The average molecular weight is 289 g/mol. The number of benzene rings is 1. The van der Waals surface area contributed by atoms with E-state index in [-0.39, 0.29) is 11.8 Å². The summed E-state index contributed by atoms with van der Waals surface area (Å²) in [6.07, 6.45) is 3.99. The topological polar surface area (TPSA) is 61.4 Å². The summed E-state index contributed by atoms with van der Waals surface area (Å²) in [4.78, 5) is 19.5. The van der Waals surface area contributed by atoms with Crippen molar-refractivity contribution in [1.82, 2.24) is 9.97 Å². The third-order valence-electron chi connectivity index (χ3n) is 3.28.